The summed E-state index contributed by atoms with van der Waals surface area (Å²) in [7, 11) is 0. The number of nitrogens with one attached hydrogen (secondary N) is 2. The summed E-state index contributed by atoms with van der Waals surface area (Å²) >= 11 is 0. The molecule has 216 valence electrons. The van der Waals surface area contributed by atoms with Gasteiger partial charge < -0.3 is 30.3 Å². The van der Waals surface area contributed by atoms with Gasteiger partial charge >= 0.3 is 5.97 Å². The molecule has 3 aromatic rings. The summed E-state index contributed by atoms with van der Waals surface area (Å²) in [5.41, 5.74) is 2.16. The zero-order chi connectivity index (χ0) is 29.4. The first kappa shape index (κ1) is 29.3. The van der Waals surface area contributed by atoms with Gasteiger partial charge in [-0.2, -0.15) is 0 Å². The van der Waals surface area contributed by atoms with Gasteiger partial charge in [-0.25, -0.2) is 9.78 Å². The minimum absolute atomic E-state index is 0.106. The van der Waals surface area contributed by atoms with Crippen molar-refractivity contribution in [2.45, 2.75) is 39.3 Å². The molecule has 3 heterocycles. The van der Waals surface area contributed by atoms with E-state index in [1.807, 2.05) is 12.1 Å². The summed E-state index contributed by atoms with van der Waals surface area (Å²) in [6.45, 7) is 8.30. The third-order valence-electron chi connectivity index (χ3n) is 6.59. The van der Waals surface area contributed by atoms with Crippen molar-refractivity contribution in [1.29, 1.82) is 0 Å². The monoisotopic (exact) mass is 560 g/mol. The molecular weight excluding hydrogens is 524 g/mol. The number of nitrogens with zero attached hydrogens (tertiary/aromatic N) is 4. The second kappa shape index (κ2) is 13.6. The highest BCUT2D eigenvalue weighted by molar-refractivity contribution is 5.98. The molecule has 1 fully saturated rings. The normalized spacial score (nSPS) is 14.0. The van der Waals surface area contributed by atoms with Crippen molar-refractivity contribution in [2.75, 3.05) is 43.0 Å². The Bertz CT molecular complexity index is 1340. The third kappa shape index (κ3) is 7.71. The molecule has 11 heteroatoms. The van der Waals surface area contributed by atoms with Crippen molar-refractivity contribution < 1.29 is 24.2 Å². The van der Waals surface area contributed by atoms with Gasteiger partial charge in [0, 0.05) is 51.0 Å². The smallest absolute Gasteiger partial charge is 0.328 e. The van der Waals surface area contributed by atoms with Gasteiger partial charge in [0.25, 0.3) is 11.8 Å². The number of aromatic nitrogens is 2. The number of hydrogen-bond acceptors (Lipinski definition) is 9. The van der Waals surface area contributed by atoms with Gasteiger partial charge in [0.1, 0.15) is 17.5 Å². The Balaban J connectivity index is 1.36. The van der Waals surface area contributed by atoms with Crippen LogP contribution in [0, 0.1) is 0 Å². The number of carbonyl (C=O) groups is 3. The van der Waals surface area contributed by atoms with Crippen LogP contribution in [0.4, 0.5) is 11.5 Å². The Kier molecular flexibility index (Phi) is 9.73. The first-order chi connectivity index (χ1) is 19.7. The number of amides is 2. The number of carbonyl (C=O) groups excluding carboxylic acids is 3. The maximum Gasteiger partial charge on any atom is 0.328 e. The predicted molar refractivity (Wildman–Crippen MR) is 155 cm³/mol. The molecule has 1 atom stereocenters. The molecule has 1 aliphatic heterocycles. The molecule has 1 saturated heterocycles. The average molecular weight is 561 g/mol. The number of ether oxygens (including phenoxy) is 1. The number of aromatic hydroxyl groups is 1. The molecular formula is C30H36N6O5. The van der Waals surface area contributed by atoms with Crippen LogP contribution in [0.3, 0.4) is 0 Å². The van der Waals surface area contributed by atoms with Crippen LogP contribution < -0.4 is 15.5 Å². The van der Waals surface area contributed by atoms with Gasteiger partial charge in [0.05, 0.1) is 17.9 Å². The van der Waals surface area contributed by atoms with Gasteiger partial charge in [-0.3, -0.25) is 14.6 Å². The molecule has 0 aliphatic carbocycles. The zero-order valence-electron chi connectivity index (χ0n) is 23.5. The Morgan fingerprint density at radius 2 is 1.73 bits per heavy atom. The number of pyridine rings is 2. The lowest BCUT2D eigenvalue weighted by molar-refractivity contribution is -0.145. The van der Waals surface area contributed by atoms with Gasteiger partial charge in [-0.15, -0.1) is 0 Å². The van der Waals surface area contributed by atoms with Crippen LogP contribution in [0.1, 0.15) is 47.2 Å². The van der Waals surface area contributed by atoms with Crippen LogP contribution in [0.15, 0.2) is 60.9 Å². The van der Waals surface area contributed by atoms with E-state index >= 15 is 0 Å². The van der Waals surface area contributed by atoms with E-state index in [4.69, 9.17) is 4.74 Å². The molecule has 1 aromatic carbocycles. The van der Waals surface area contributed by atoms with Crippen LogP contribution in [-0.4, -0.2) is 82.6 Å². The second-order valence-electron chi connectivity index (χ2n) is 10.0. The minimum atomic E-state index is -0.931. The summed E-state index contributed by atoms with van der Waals surface area (Å²) in [6, 6.07) is 12.7. The summed E-state index contributed by atoms with van der Waals surface area (Å²) in [5, 5.41) is 15.6. The Morgan fingerprint density at radius 3 is 2.37 bits per heavy atom. The van der Waals surface area contributed by atoms with Crippen molar-refractivity contribution >= 4 is 29.3 Å². The van der Waals surface area contributed by atoms with E-state index in [-0.39, 0.29) is 42.0 Å². The van der Waals surface area contributed by atoms with E-state index < -0.39 is 17.9 Å². The van der Waals surface area contributed by atoms with Crippen molar-refractivity contribution in [3.63, 3.8) is 0 Å². The largest absolute Gasteiger partial charge is 0.508 e. The van der Waals surface area contributed by atoms with Crippen LogP contribution in [0.5, 0.6) is 5.75 Å². The van der Waals surface area contributed by atoms with E-state index in [0.717, 1.165) is 17.1 Å². The van der Waals surface area contributed by atoms with E-state index in [1.165, 1.54) is 30.5 Å². The highest BCUT2D eigenvalue weighted by atomic mass is 16.5. The highest BCUT2D eigenvalue weighted by Crippen LogP contribution is 2.25. The van der Waals surface area contributed by atoms with E-state index in [2.05, 4.69) is 39.3 Å². The van der Waals surface area contributed by atoms with Gasteiger partial charge in [-0.05, 0) is 62.7 Å². The van der Waals surface area contributed by atoms with Gasteiger partial charge in [-0.1, -0.05) is 12.1 Å². The van der Waals surface area contributed by atoms with Gasteiger partial charge in [0.15, 0.2) is 5.82 Å². The zero-order valence-corrected chi connectivity index (χ0v) is 23.5. The summed E-state index contributed by atoms with van der Waals surface area (Å²) in [5.74, 6) is -0.314. The fourth-order valence-corrected chi connectivity index (χ4v) is 4.56. The van der Waals surface area contributed by atoms with Crippen LogP contribution in [0.25, 0.3) is 0 Å². The number of hydrogen-bond donors (Lipinski definition) is 3. The Labute approximate surface area is 239 Å². The summed E-state index contributed by atoms with van der Waals surface area (Å²) in [6.07, 6.45) is 3.29. The number of piperazine rings is 1. The minimum Gasteiger partial charge on any atom is -0.508 e. The van der Waals surface area contributed by atoms with E-state index in [0.29, 0.717) is 26.2 Å². The van der Waals surface area contributed by atoms with Crippen LogP contribution >= 0.6 is 0 Å². The first-order valence-electron chi connectivity index (χ1n) is 13.7. The summed E-state index contributed by atoms with van der Waals surface area (Å²) < 4.78 is 5.13. The van der Waals surface area contributed by atoms with Crippen molar-refractivity contribution in [1.82, 2.24) is 20.2 Å². The fraction of sp³-hybridized carbons (Fsp3) is 0.367. The predicted octanol–water partition coefficient (Wildman–Crippen LogP) is 2.87. The molecule has 11 nitrogen and oxygen atoms in total. The molecule has 2 aromatic heterocycles. The Hall–Kier alpha value is -4.67. The number of benzene rings is 1. The molecule has 0 saturated carbocycles. The maximum absolute atomic E-state index is 13.1. The second-order valence-corrected chi connectivity index (χ2v) is 10.0. The number of phenols is 1. The molecule has 4 rings (SSSR count). The van der Waals surface area contributed by atoms with Crippen molar-refractivity contribution in [3.8, 4) is 5.75 Å². The molecule has 0 unspecified atom stereocenters. The topological polar surface area (TPSA) is 137 Å². The number of rotatable bonds is 10. The quantitative estimate of drug-likeness (QED) is 0.320. The lowest BCUT2D eigenvalue weighted by Gasteiger charge is -2.36. The summed E-state index contributed by atoms with van der Waals surface area (Å²) in [4.78, 5) is 51.3. The van der Waals surface area contributed by atoms with Crippen molar-refractivity contribution in [3.05, 3.63) is 77.7 Å². The van der Waals surface area contributed by atoms with E-state index in [1.54, 1.807) is 30.2 Å². The van der Waals surface area contributed by atoms with E-state index in [9.17, 15) is 19.5 Å². The molecule has 0 spiro atoms. The molecule has 1 aliphatic rings. The number of esters is 1. The van der Waals surface area contributed by atoms with Crippen LogP contribution in [0.2, 0.25) is 0 Å². The van der Waals surface area contributed by atoms with Crippen molar-refractivity contribution in [2.24, 2.45) is 0 Å². The Morgan fingerprint density at radius 1 is 1.00 bits per heavy atom. The maximum atomic E-state index is 13.1. The number of phenolic OH excluding ortho intramolecular Hbond substituents is 1. The standard InChI is InChI=1S/C30H36N6O5/c1-4-41-30(40)26(18-21-7-10-23(37)11-8-21)34-28(38)22-9-12-25(32-19-22)29(39)36-16-14-35(15-17-36)27-24(33-20(2)3)6-5-13-31-27/h5-13,19-20,26,33,37H,4,14-18H2,1-3H3,(H,34,38)/t26-/m0/s1. The SMILES string of the molecule is CCOC(=O)[C@H](Cc1ccc(O)cc1)NC(=O)c1ccc(C(=O)N2CCN(c3ncccc3NC(C)C)CC2)nc1. The van der Waals surface area contributed by atoms with Gasteiger partial charge in [0.2, 0.25) is 0 Å². The number of anilines is 2. The lowest BCUT2D eigenvalue weighted by atomic mass is 10.1. The fourth-order valence-electron chi connectivity index (χ4n) is 4.56. The molecule has 3 N–H and O–H groups in total. The molecule has 41 heavy (non-hydrogen) atoms. The lowest BCUT2D eigenvalue weighted by Crippen LogP contribution is -2.49. The first-order valence-corrected chi connectivity index (χ1v) is 13.7. The molecule has 0 bridgehead atoms. The highest BCUT2D eigenvalue weighted by Gasteiger charge is 2.26. The molecule has 2 amide bonds. The van der Waals surface area contributed by atoms with Crippen LogP contribution in [-0.2, 0) is 16.0 Å². The molecule has 0 radical (unpaired) electrons. The third-order valence-corrected chi connectivity index (χ3v) is 6.59. The average Bonchev–Trinajstić information content (AvgIpc) is 2.98.